The highest BCUT2D eigenvalue weighted by atomic mass is 35.5. The fourth-order valence-corrected chi connectivity index (χ4v) is 3.12. The predicted octanol–water partition coefficient (Wildman–Crippen LogP) is 2.91. The lowest BCUT2D eigenvalue weighted by Crippen LogP contribution is -2.54. The second kappa shape index (κ2) is 8.88. The van der Waals surface area contributed by atoms with E-state index < -0.39 is 6.04 Å². The molecule has 25 heavy (non-hydrogen) atoms. The lowest BCUT2D eigenvalue weighted by atomic mass is 10.0. The van der Waals surface area contributed by atoms with Crippen molar-refractivity contribution in [2.75, 3.05) is 33.2 Å². The van der Waals surface area contributed by atoms with Crippen LogP contribution in [0, 0.1) is 5.92 Å². The molecule has 0 bridgehead atoms. The van der Waals surface area contributed by atoms with Crippen molar-refractivity contribution in [2.45, 2.75) is 26.3 Å². The van der Waals surface area contributed by atoms with Crippen molar-refractivity contribution in [3.63, 3.8) is 0 Å². The van der Waals surface area contributed by atoms with Crippen molar-refractivity contribution in [3.8, 4) is 0 Å². The summed E-state index contributed by atoms with van der Waals surface area (Å²) in [5.74, 6) is -0.0441. The number of hydrogen-bond donors (Lipinski definition) is 1. The molecule has 1 N–H and O–H groups in total. The molecule has 0 aliphatic carbocycles. The van der Waals surface area contributed by atoms with Crippen LogP contribution in [0.25, 0.3) is 0 Å². The summed E-state index contributed by atoms with van der Waals surface area (Å²) in [7, 11) is 2.04. The molecule has 1 aliphatic heterocycles. The van der Waals surface area contributed by atoms with Gasteiger partial charge >= 0.3 is 0 Å². The van der Waals surface area contributed by atoms with Gasteiger partial charge in [-0.25, -0.2) is 0 Å². The van der Waals surface area contributed by atoms with E-state index in [1.165, 1.54) is 6.07 Å². The summed E-state index contributed by atoms with van der Waals surface area (Å²) in [6, 6.07) is 4.17. The highest BCUT2D eigenvalue weighted by Gasteiger charge is 2.28. The van der Waals surface area contributed by atoms with Gasteiger partial charge in [-0.3, -0.25) is 9.59 Å². The Morgan fingerprint density at radius 1 is 1.12 bits per heavy atom. The summed E-state index contributed by atoms with van der Waals surface area (Å²) in [4.78, 5) is 29.4. The summed E-state index contributed by atoms with van der Waals surface area (Å²) in [5, 5.41) is 3.59. The predicted molar refractivity (Wildman–Crippen MR) is 101 cm³/mol. The number of carbonyl (C=O) groups is 2. The van der Waals surface area contributed by atoms with Crippen LogP contribution in [-0.2, 0) is 4.79 Å². The molecule has 1 atom stereocenters. The van der Waals surface area contributed by atoms with Crippen LogP contribution in [0.15, 0.2) is 18.2 Å². The Morgan fingerprint density at radius 2 is 1.76 bits per heavy atom. The molecule has 1 heterocycles. The van der Waals surface area contributed by atoms with Crippen LogP contribution >= 0.6 is 23.2 Å². The molecule has 0 unspecified atom stereocenters. The maximum Gasteiger partial charge on any atom is 0.251 e. The highest BCUT2D eigenvalue weighted by molar-refractivity contribution is 6.42. The van der Waals surface area contributed by atoms with Crippen molar-refractivity contribution in [1.29, 1.82) is 0 Å². The molecule has 0 aromatic heterocycles. The van der Waals surface area contributed by atoms with Crippen LogP contribution in [0.2, 0.25) is 10.0 Å². The van der Waals surface area contributed by atoms with E-state index in [4.69, 9.17) is 23.2 Å². The molecule has 1 aromatic carbocycles. The number of hydrogen-bond acceptors (Lipinski definition) is 3. The third-order valence-corrected chi connectivity index (χ3v) is 5.05. The number of halogens is 2. The third-order valence-electron chi connectivity index (χ3n) is 4.31. The largest absolute Gasteiger partial charge is 0.340 e. The minimum Gasteiger partial charge on any atom is -0.340 e. The van der Waals surface area contributed by atoms with Crippen molar-refractivity contribution in [2.24, 2.45) is 5.92 Å². The molecule has 0 saturated carbocycles. The quantitative estimate of drug-likeness (QED) is 0.847. The standard InChI is InChI=1S/C18H25Cl2N3O2/c1-12(2)10-16(18(25)23-8-6-22(3)7-9-23)21-17(24)13-4-5-14(19)15(20)11-13/h4-5,11-12,16H,6-10H2,1-3H3,(H,21,24)/t16-/m0/s1. The smallest absolute Gasteiger partial charge is 0.251 e. The molecule has 5 nitrogen and oxygen atoms in total. The van der Waals surface area contributed by atoms with Crippen molar-refractivity contribution in [1.82, 2.24) is 15.1 Å². The topological polar surface area (TPSA) is 52.7 Å². The van der Waals surface area contributed by atoms with E-state index in [0.29, 0.717) is 35.1 Å². The first-order valence-corrected chi connectivity index (χ1v) is 9.26. The van der Waals surface area contributed by atoms with E-state index >= 15 is 0 Å². The van der Waals surface area contributed by atoms with Crippen LogP contribution in [0.4, 0.5) is 0 Å². The van der Waals surface area contributed by atoms with Crippen molar-refractivity contribution < 1.29 is 9.59 Å². The fourth-order valence-electron chi connectivity index (χ4n) is 2.82. The number of likely N-dealkylation sites (N-methyl/N-ethyl adjacent to an activating group) is 1. The zero-order chi connectivity index (χ0) is 18.6. The van der Waals surface area contributed by atoms with Crippen LogP contribution in [0.5, 0.6) is 0 Å². The van der Waals surface area contributed by atoms with Gasteiger partial charge in [0.25, 0.3) is 5.91 Å². The molecule has 138 valence electrons. The van der Waals surface area contributed by atoms with Gasteiger partial charge in [0, 0.05) is 31.7 Å². The normalized spacial score (nSPS) is 16.8. The first-order valence-electron chi connectivity index (χ1n) is 8.51. The van der Waals surface area contributed by atoms with Crippen molar-refractivity contribution in [3.05, 3.63) is 33.8 Å². The minimum atomic E-state index is -0.537. The summed E-state index contributed by atoms with van der Waals surface area (Å²) >= 11 is 11.9. The molecule has 7 heteroatoms. The van der Waals surface area contributed by atoms with E-state index in [2.05, 4.69) is 10.2 Å². The molecule has 1 fully saturated rings. The summed E-state index contributed by atoms with van der Waals surface area (Å²) in [6.45, 7) is 7.14. The number of nitrogens with one attached hydrogen (secondary N) is 1. The molecule has 0 spiro atoms. The molecule has 1 aliphatic rings. The molecule has 1 saturated heterocycles. The van der Waals surface area contributed by atoms with E-state index in [0.717, 1.165) is 13.1 Å². The number of nitrogens with zero attached hydrogens (tertiary/aromatic N) is 2. The maximum atomic E-state index is 12.9. The van der Waals surface area contributed by atoms with Crippen LogP contribution in [0.1, 0.15) is 30.6 Å². The zero-order valence-corrected chi connectivity index (χ0v) is 16.4. The van der Waals surface area contributed by atoms with Crippen LogP contribution < -0.4 is 5.32 Å². The molecule has 0 radical (unpaired) electrons. The van der Waals surface area contributed by atoms with Crippen molar-refractivity contribution >= 4 is 35.0 Å². The maximum absolute atomic E-state index is 12.9. The van der Waals surface area contributed by atoms with Gasteiger partial charge < -0.3 is 15.1 Å². The second-order valence-corrected chi connectivity index (χ2v) is 7.73. The molecule has 2 amide bonds. The molecular weight excluding hydrogens is 361 g/mol. The summed E-state index contributed by atoms with van der Waals surface area (Å²) in [5.41, 5.74) is 0.398. The van der Waals surface area contributed by atoms with Gasteiger partial charge in [0.2, 0.25) is 5.91 Å². The summed E-state index contributed by atoms with van der Waals surface area (Å²) in [6.07, 6.45) is 0.595. The monoisotopic (exact) mass is 385 g/mol. The van der Waals surface area contributed by atoms with Gasteiger partial charge in [0.05, 0.1) is 10.0 Å². The average molecular weight is 386 g/mol. The van der Waals surface area contributed by atoms with Crippen LogP contribution in [-0.4, -0.2) is 60.9 Å². The molecule has 1 aromatic rings. The number of carbonyl (C=O) groups excluding carboxylic acids is 2. The second-order valence-electron chi connectivity index (χ2n) is 6.91. The highest BCUT2D eigenvalue weighted by Crippen LogP contribution is 2.22. The Kier molecular flexibility index (Phi) is 7.11. The number of piperazine rings is 1. The van der Waals surface area contributed by atoms with Gasteiger partial charge in [0.1, 0.15) is 6.04 Å². The Hall–Kier alpha value is -1.30. The van der Waals surface area contributed by atoms with Gasteiger partial charge in [-0.15, -0.1) is 0 Å². The van der Waals surface area contributed by atoms with Crippen LogP contribution in [0.3, 0.4) is 0 Å². The molecular formula is C18H25Cl2N3O2. The zero-order valence-electron chi connectivity index (χ0n) is 14.9. The van der Waals surface area contributed by atoms with Gasteiger partial charge in [0.15, 0.2) is 0 Å². The Balaban J connectivity index is 2.09. The van der Waals surface area contributed by atoms with Gasteiger partial charge in [-0.2, -0.15) is 0 Å². The SMILES string of the molecule is CC(C)C[C@H](NC(=O)c1ccc(Cl)c(Cl)c1)C(=O)N1CCN(C)CC1. The van der Waals surface area contributed by atoms with E-state index in [1.54, 1.807) is 12.1 Å². The number of amides is 2. The average Bonchev–Trinajstić information content (AvgIpc) is 2.56. The summed E-state index contributed by atoms with van der Waals surface area (Å²) < 4.78 is 0. The minimum absolute atomic E-state index is 0.0183. The molecule has 2 rings (SSSR count). The first-order chi connectivity index (χ1) is 11.8. The van der Waals surface area contributed by atoms with E-state index in [-0.39, 0.29) is 17.7 Å². The third kappa shape index (κ3) is 5.59. The van der Waals surface area contributed by atoms with E-state index in [1.807, 2.05) is 25.8 Å². The van der Waals surface area contributed by atoms with Gasteiger partial charge in [-0.1, -0.05) is 37.0 Å². The first kappa shape index (κ1) is 20.0. The number of rotatable bonds is 5. The van der Waals surface area contributed by atoms with Gasteiger partial charge in [-0.05, 0) is 37.6 Å². The Labute approximate surface area is 159 Å². The van der Waals surface area contributed by atoms with E-state index in [9.17, 15) is 9.59 Å². The lowest BCUT2D eigenvalue weighted by Gasteiger charge is -2.35. The Morgan fingerprint density at radius 3 is 2.32 bits per heavy atom. The fraction of sp³-hybridized carbons (Fsp3) is 0.556. The Bertz CT molecular complexity index is 629. The lowest BCUT2D eigenvalue weighted by molar-refractivity contribution is -0.135. The number of benzene rings is 1.